The van der Waals surface area contributed by atoms with E-state index in [1.165, 1.54) is 44.6 Å². The van der Waals surface area contributed by atoms with Gasteiger partial charge in [-0.25, -0.2) is 18.7 Å². The number of unbranched alkanes of at least 4 members (excludes halogenated alkanes) is 1. The quantitative estimate of drug-likeness (QED) is 0.186. The fraction of sp³-hybridized carbons (Fsp3) is 0.596. The number of ether oxygens (including phenoxy) is 1. The summed E-state index contributed by atoms with van der Waals surface area (Å²) in [6, 6.07) is 2.13. The van der Waals surface area contributed by atoms with Crippen LogP contribution in [0.15, 0.2) is 30.7 Å². The highest BCUT2D eigenvalue weighted by Crippen LogP contribution is 2.47. The first kappa shape index (κ1) is 53.2. The van der Waals surface area contributed by atoms with Gasteiger partial charge in [-0.2, -0.15) is 5.26 Å². The molecule has 0 aliphatic carbocycles. The van der Waals surface area contributed by atoms with Crippen LogP contribution in [-0.2, 0) is 18.0 Å². The van der Waals surface area contributed by atoms with Crippen molar-refractivity contribution in [2.45, 2.75) is 161 Å². The molecule has 1 saturated heterocycles. The molecule has 5 rings (SSSR count). The number of benzene rings is 1. The summed E-state index contributed by atoms with van der Waals surface area (Å²) in [6.45, 7) is 32.1. The van der Waals surface area contributed by atoms with Crippen molar-refractivity contribution in [3.63, 3.8) is 0 Å². The highest BCUT2D eigenvalue weighted by molar-refractivity contribution is 7.17. The zero-order valence-corrected chi connectivity index (χ0v) is 38.5. The number of fused-ring (bicyclic) bond motifs is 3. The van der Waals surface area contributed by atoms with Gasteiger partial charge in [0.2, 0.25) is 5.95 Å². The largest absolute Gasteiger partial charge is 0.516 e. The van der Waals surface area contributed by atoms with Crippen LogP contribution in [0.3, 0.4) is 0 Å². The molecule has 3 N–H and O–H groups in total. The standard InChI is InChI=1S/C27H27F2N5OS.C10H22.C4H10.C2H4O.2C2H6/c1-4-14(3)20(22-15(10-30)26(31)36-25(22)19(28)5-2)21-18-13-35-12-17(18)16-11-32-27(33-24(16)23(21)29)34-8-6-7-9-34;1-5-7-10(4)8-9(3)6-2;1-3-4-2;1-2-3;2*1-2/h5,11H,4,6-9,12-13,31H2,1-3H3;9-10H,5-8H2,1-4H3;3-4H2,1-2H3;2-3H,1H2;2*1-2H3/b19-5+,20-14+;;;;;. The van der Waals surface area contributed by atoms with Crippen molar-refractivity contribution in [3.8, 4) is 6.07 Å². The second kappa shape index (κ2) is 29.4. The summed E-state index contributed by atoms with van der Waals surface area (Å²) >= 11 is 1.00. The fourth-order valence-corrected chi connectivity index (χ4v) is 7.52. The lowest BCUT2D eigenvalue weighted by Gasteiger charge is -2.20. The van der Waals surface area contributed by atoms with Crippen LogP contribution in [0.5, 0.6) is 0 Å². The Balaban J connectivity index is 0.00000125. The van der Waals surface area contributed by atoms with E-state index in [4.69, 9.17) is 15.6 Å². The number of aromatic nitrogens is 2. The van der Waals surface area contributed by atoms with Crippen LogP contribution >= 0.6 is 11.3 Å². The predicted molar refractivity (Wildman–Crippen MR) is 244 cm³/mol. The van der Waals surface area contributed by atoms with E-state index in [2.05, 4.69) is 69.1 Å². The van der Waals surface area contributed by atoms with Crippen molar-refractivity contribution in [3.05, 3.63) is 69.2 Å². The lowest BCUT2D eigenvalue weighted by molar-refractivity contribution is 0.134. The summed E-state index contributed by atoms with van der Waals surface area (Å²) in [4.78, 5) is 11.5. The molecule has 7 nitrogen and oxygen atoms in total. The van der Waals surface area contributed by atoms with Crippen molar-refractivity contribution in [2.75, 3.05) is 23.7 Å². The van der Waals surface area contributed by atoms with Gasteiger partial charge in [0.1, 0.15) is 22.4 Å². The Morgan fingerprint density at radius 3 is 2.11 bits per heavy atom. The maximum Gasteiger partial charge on any atom is 0.225 e. The molecule has 10 heteroatoms. The third-order valence-corrected chi connectivity index (χ3v) is 10.9. The average molecular weight is 812 g/mol. The Labute approximate surface area is 349 Å². The number of nitriles is 1. The molecule has 3 aromatic rings. The van der Waals surface area contributed by atoms with E-state index in [9.17, 15) is 5.26 Å². The molecule has 0 spiro atoms. The molecule has 0 radical (unpaired) electrons. The van der Waals surface area contributed by atoms with Gasteiger partial charge in [-0.05, 0) is 68.1 Å². The van der Waals surface area contributed by atoms with Crippen molar-refractivity contribution in [2.24, 2.45) is 11.8 Å². The van der Waals surface area contributed by atoms with E-state index in [0.29, 0.717) is 46.6 Å². The molecular formula is C47H75F2N5O2S. The summed E-state index contributed by atoms with van der Waals surface area (Å²) in [6.07, 6.45) is 14.6. The van der Waals surface area contributed by atoms with Gasteiger partial charge in [-0.15, -0.1) is 11.3 Å². The smallest absolute Gasteiger partial charge is 0.225 e. The third-order valence-electron chi connectivity index (χ3n) is 9.83. The van der Waals surface area contributed by atoms with Crippen LogP contribution in [0.4, 0.5) is 19.7 Å². The fourth-order valence-electron chi connectivity index (χ4n) is 6.52. The normalized spacial score (nSPS) is 14.3. The Kier molecular flexibility index (Phi) is 27.4. The topological polar surface area (TPSA) is 108 Å². The highest BCUT2D eigenvalue weighted by atomic mass is 32.1. The predicted octanol–water partition coefficient (Wildman–Crippen LogP) is 14.9. The second-order valence-electron chi connectivity index (χ2n) is 13.9. The first-order valence-electron chi connectivity index (χ1n) is 21.4. The molecule has 2 aromatic heterocycles. The monoisotopic (exact) mass is 812 g/mol. The second-order valence-corrected chi connectivity index (χ2v) is 14.9. The van der Waals surface area contributed by atoms with Crippen LogP contribution in [0, 0.1) is 29.0 Å². The summed E-state index contributed by atoms with van der Waals surface area (Å²) in [7, 11) is 0. The van der Waals surface area contributed by atoms with Crippen molar-refractivity contribution in [1.29, 1.82) is 5.26 Å². The van der Waals surface area contributed by atoms with Crippen LogP contribution in [0.25, 0.3) is 22.3 Å². The van der Waals surface area contributed by atoms with Gasteiger partial charge in [0.15, 0.2) is 5.82 Å². The molecule has 320 valence electrons. The van der Waals surface area contributed by atoms with Gasteiger partial charge >= 0.3 is 0 Å². The number of aliphatic hydroxyl groups excluding tert-OH is 1. The van der Waals surface area contributed by atoms with Crippen LogP contribution in [-0.4, -0.2) is 28.2 Å². The molecule has 57 heavy (non-hydrogen) atoms. The molecular weight excluding hydrogens is 737 g/mol. The third kappa shape index (κ3) is 14.8. The number of hydrogen-bond acceptors (Lipinski definition) is 8. The number of thiophene rings is 1. The minimum atomic E-state index is -0.514. The van der Waals surface area contributed by atoms with Crippen molar-refractivity contribution in [1.82, 2.24) is 9.97 Å². The molecule has 2 aliphatic heterocycles. The molecule has 1 fully saturated rings. The number of hydrogen-bond donors (Lipinski definition) is 2. The van der Waals surface area contributed by atoms with E-state index in [1.807, 2.05) is 41.5 Å². The first-order chi connectivity index (χ1) is 27.4. The van der Waals surface area contributed by atoms with Crippen LogP contribution in [0.1, 0.15) is 180 Å². The van der Waals surface area contributed by atoms with E-state index in [1.54, 1.807) is 13.1 Å². The van der Waals surface area contributed by atoms with E-state index in [-0.39, 0.29) is 27.6 Å². The summed E-state index contributed by atoms with van der Waals surface area (Å²) in [5.41, 5.74) is 9.97. The van der Waals surface area contributed by atoms with E-state index < -0.39 is 11.6 Å². The zero-order valence-electron chi connectivity index (χ0n) is 37.7. The van der Waals surface area contributed by atoms with Gasteiger partial charge in [0.05, 0.1) is 29.9 Å². The number of nitrogens with zero attached hydrogens (tertiary/aromatic N) is 4. The lowest BCUT2D eigenvalue weighted by Crippen LogP contribution is -2.20. The number of aliphatic hydroxyl groups is 1. The maximum absolute atomic E-state index is 16.7. The molecule has 4 heterocycles. The van der Waals surface area contributed by atoms with Crippen LogP contribution < -0.4 is 10.6 Å². The molecule has 0 amide bonds. The molecule has 0 bridgehead atoms. The molecule has 2 atom stereocenters. The number of rotatable bonds is 11. The van der Waals surface area contributed by atoms with Gasteiger partial charge in [0.25, 0.3) is 0 Å². The van der Waals surface area contributed by atoms with E-state index >= 15 is 8.78 Å². The molecule has 2 unspecified atom stereocenters. The average Bonchev–Trinajstić information content (AvgIpc) is 4.02. The summed E-state index contributed by atoms with van der Waals surface area (Å²) in [5, 5.41) is 18.1. The molecule has 2 aliphatic rings. The minimum Gasteiger partial charge on any atom is -0.516 e. The highest BCUT2D eigenvalue weighted by Gasteiger charge is 2.32. The Morgan fingerprint density at radius 2 is 1.61 bits per heavy atom. The van der Waals surface area contributed by atoms with E-state index in [0.717, 1.165) is 66.5 Å². The van der Waals surface area contributed by atoms with Gasteiger partial charge in [-0.3, -0.25) is 0 Å². The van der Waals surface area contributed by atoms with Gasteiger partial charge in [0, 0.05) is 35.8 Å². The Hall–Kier alpha value is -3.81. The number of nitrogen functional groups attached to an aromatic ring is 1. The van der Waals surface area contributed by atoms with Gasteiger partial charge < -0.3 is 20.5 Å². The number of anilines is 2. The molecule has 0 saturated carbocycles. The zero-order chi connectivity index (χ0) is 43.7. The van der Waals surface area contributed by atoms with Gasteiger partial charge in [-0.1, -0.05) is 126 Å². The number of allylic oxidation sites excluding steroid dienone is 2. The SMILES string of the molecule is C/C=C(/F)c1sc(N)c(C#N)c1/C(=C(\C)CC)c1c2c(c3cnc(N4CCCC4)nc3c1F)COC2.C=CO.CC.CC.CCCC.CCCC(C)CC(C)CC. The van der Waals surface area contributed by atoms with Crippen molar-refractivity contribution < 1.29 is 18.6 Å². The Morgan fingerprint density at radius 1 is 1.04 bits per heavy atom. The number of halogens is 2. The maximum atomic E-state index is 16.7. The Bertz CT molecular complexity index is 1740. The van der Waals surface area contributed by atoms with Crippen LogP contribution in [0.2, 0.25) is 0 Å². The molecule has 1 aromatic carbocycles. The minimum absolute atomic E-state index is 0.155. The first-order valence-corrected chi connectivity index (χ1v) is 22.2. The summed E-state index contributed by atoms with van der Waals surface area (Å²) in [5.74, 6) is 1.36. The number of nitrogens with two attached hydrogens (primary N) is 1. The lowest BCUT2D eigenvalue weighted by atomic mass is 9.85. The van der Waals surface area contributed by atoms with Crippen molar-refractivity contribution >= 4 is 44.6 Å². The summed E-state index contributed by atoms with van der Waals surface area (Å²) < 4.78 is 37.5.